The second kappa shape index (κ2) is 12.3. The normalized spacial score (nSPS) is 21.4. The number of fused-ring (bicyclic) bond motifs is 1. The summed E-state index contributed by atoms with van der Waals surface area (Å²) in [6.07, 6.45) is 0.306. The lowest BCUT2D eigenvalue weighted by atomic mass is 9.90. The van der Waals surface area contributed by atoms with Gasteiger partial charge in [-0.1, -0.05) is 79.1 Å². The molecule has 0 unspecified atom stereocenters. The van der Waals surface area contributed by atoms with Crippen molar-refractivity contribution >= 4 is 22.8 Å². The van der Waals surface area contributed by atoms with Crippen LogP contribution in [0.25, 0.3) is 10.9 Å². The first-order valence-corrected chi connectivity index (χ1v) is 14.5. The van der Waals surface area contributed by atoms with E-state index < -0.39 is 24.3 Å². The number of nitrogens with two attached hydrogens (primary N) is 1. The number of unbranched alkanes of at least 4 members (excludes halogenated alkanes) is 1. The highest BCUT2D eigenvalue weighted by Crippen LogP contribution is 2.30. The number of nitrogens with zero attached hydrogens (tertiary/aromatic N) is 3. The molecule has 2 amide bonds. The number of carbonyl (C=O) groups is 1. The van der Waals surface area contributed by atoms with E-state index in [-0.39, 0.29) is 12.6 Å². The Morgan fingerprint density at radius 1 is 0.854 bits per heavy atom. The molecular formula is C33H41N5O3. The van der Waals surface area contributed by atoms with Crippen molar-refractivity contribution in [3.8, 4) is 0 Å². The zero-order valence-electron chi connectivity index (χ0n) is 24.1. The van der Waals surface area contributed by atoms with Crippen LogP contribution in [-0.4, -0.2) is 67.1 Å². The zero-order valence-corrected chi connectivity index (χ0v) is 24.1. The van der Waals surface area contributed by atoms with Gasteiger partial charge in [0.1, 0.15) is 12.2 Å². The van der Waals surface area contributed by atoms with Gasteiger partial charge in [-0.25, -0.2) is 4.79 Å². The van der Waals surface area contributed by atoms with Crippen molar-refractivity contribution in [2.75, 3.05) is 12.3 Å². The van der Waals surface area contributed by atoms with Crippen molar-refractivity contribution in [2.45, 2.75) is 77.3 Å². The molecule has 0 spiro atoms. The fraction of sp³-hybridized carbons (Fsp3) is 0.394. The van der Waals surface area contributed by atoms with Crippen LogP contribution in [0.15, 0.2) is 66.7 Å². The van der Waals surface area contributed by atoms with Gasteiger partial charge in [0.2, 0.25) is 0 Å². The first-order chi connectivity index (χ1) is 19.7. The Hall–Kier alpha value is -3.88. The third-order valence-electron chi connectivity index (χ3n) is 8.25. The van der Waals surface area contributed by atoms with Crippen molar-refractivity contribution in [1.29, 1.82) is 0 Å². The lowest BCUT2D eigenvalue weighted by molar-refractivity contribution is -0.0402. The van der Waals surface area contributed by atoms with Crippen LogP contribution in [0.3, 0.4) is 0 Å². The van der Waals surface area contributed by atoms with E-state index in [9.17, 15) is 15.0 Å². The monoisotopic (exact) mass is 555 g/mol. The van der Waals surface area contributed by atoms with Crippen molar-refractivity contribution in [3.05, 3.63) is 94.5 Å². The smallest absolute Gasteiger partial charge is 0.321 e. The highest BCUT2D eigenvalue weighted by molar-refractivity contribution is 5.89. The SMILES string of the molecule is CCCCN1C(=O)N(Cc2ccc3[nH]nc(N)c3c2)[C@H](Cc2cccc(C)c2)[C@H](O)[C@@H](O)[C@H]1Cc1cccc(C)c1. The first-order valence-electron chi connectivity index (χ1n) is 14.5. The summed E-state index contributed by atoms with van der Waals surface area (Å²) >= 11 is 0. The second-order valence-electron chi connectivity index (χ2n) is 11.4. The Kier molecular flexibility index (Phi) is 8.61. The van der Waals surface area contributed by atoms with Crippen LogP contribution < -0.4 is 5.73 Å². The van der Waals surface area contributed by atoms with Gasteiger partial charge in [-0.2, -0.15) is 5.10 Å². The lowest BCUT2D eigenvalue weighted by Gasteiger charge is -2.36. The number of nitrogens with one attached hydrogen (secondary N) is 1. The first kappa shape index (κ1) is 28.6. The molecule has 0 radical (unpaired) electrons. The Morgan fingerprint density at radius 3 is 2.05 bits per heavy atom. The number of aromatic nitrogens is 2. The molecule has 1 aromatic heterocycles. The summed E-state index contributed by atoms with van der Waals surface area (Å²) in [5, 5.41) is 31.4. The van der Waals surface area contributed by atoms with Gasteiger partial charge in [0.25, 0.3) is 0 Å². The van der Waals surface area contributed by atoms with E-state index in [2.05, 4.69) is 29.3 Å². The number of amides is 2. The molecule has 1 saturated heterocycles. The highest BCUT2D eigenvalue weighted by atomic mass is 16.3. The summed E-state index contributed by atoms with van der Waals surface area (Å²) in [6, 6.07) is 20.6. The predicted octanol–water partition coefficient (Wildman–Crippen LogP) is 4.74. The fourth-order valence-electron chi connectivity index (χ4n) is 6.05. The Bertz CT molecular complexity index is 1500. The molecule has 41 heavy (non-hydrogen) atoms. The van der Waals surface area contributed by atoms with Gasteiger partial charge in [0, 0.05) is 18.5 Å². The summed E-state index contributed by atoms with van der Waals surface area (Å²) in [4.78, 5) is 18.1. The van der Waals surface area contributed by atoms with Gasteiger partial charge in [-0.05, 0) is 61.9 Å². The molecule has 0 bridgehead atoms. The molecule has 4 aromatic rings. The summed E-state index contributed by atoms with van der Waals surface area (Å²) < 4.78 is 0. The molecule has 5 rings (SSSR count). The van der Waals surface area contributed by atoms with Gasteiger partial charge >= 0.3 is 6.03 Å². The van der Waals surface area contributed by atoms with E-state index in [1.54, 1.807) is 9.80 Å². The van der Waals surface area contributed by atoms with Crippen LogP contribution in [0, 0.1) is 13.8 Å². The molecule has 0 aliphatic carbocycles. The number of carbonyl (C=O) groups excluding carboxylic acids is 1. The summed E-state index contributed by atoms with van der Waals surface area (Å²) in [5.41, 5.74) is 12.0. The van der Waals surface area contributed by atoms with Gasteiger partial charge in [-0.3, -0.25) is 5.10 Å². The number of aryl methyl sites for hydroxylation is 2. The van der Waals surface area contributed by atoms with Crippen LogP contribution in [0.5, 0.6) is 0 Å². The molecule has 0 saturated carbocycles. The minimum atomic E-state index is -1.15. The van der Waals surface area contributed by atoms with Crippen molar-refractivity contribution in [2.24, 2.45) is 0 Å². The minimum Gasteiger partial charge on any atom is -0.388 e. The molecule has 1 aliphatic rings. The number of aliphatic hydroxyl groups excluding tert-OH is 2. The van der Waals surface area contributed by atoms with Crippen molar-refractivity contribution in [1.82, 2.24) is 20.0 Å². The van der Waals surface area contributed by atoms with Crippen LogP contribution in [0.1, 0.15) is 47.6 Å². The molecule has 1 fully saturated rings. The summed E-state index contributed by atoms with van der Waals surface area (Å²) in [5.74, 6) is 0.401. The fourth-order valence-corrected chi connectivity index (χ4v) is 6.05. The summed E-state index contributed by atoms with van der Waals surface area (Å²) in [6.45, 7) is 6.91. The van der Waals surface area contributed by atoms with Gasteiger partial charge in [0.15, 0.2) is 5.82 Å². The van der Waals surface area contributed by atoms with Gasteiger partial charge in [0.05, 0.1) is 17.6 Å². The van der Waals surface area contributed by atoms with Crippen LogP contribution in [0.4, 0.5) is 10.6 Å². The number of hydrogen-bond acceptors (Lipinski definition) is 5. The summed E-state index contributed by atoms with van der Waals surface area (Å²) in [7, 11) is 0. The average molecular weight is 556 g/mol. The number of H-pyrrole nitrogens is 1. The Balaban J connectivity index is 1.57. The molecular weight excluding hydrogens is 514 g/mol. The van der Waals surface area contributed by atoms with E-state index in [4.69, 9.17) is 5.73 Å². The number of anilines is 1. The predicted molar refractivity (Wildman–Crippen MR) is 162 cm³/mol. The average Bonchev–Trinajstić information content (AvgIpc) is 3.31. The number of rotatable bonds is 9. The van der Waals surface area contributed by atoms with E-state index in [1.165, 1.54) is 0 Å². The quantitative estimate of drug-likeness (QED) is 0.238. The maximum absolute atomic E-state index is 14.5. The topological polar surface area (TPSA) is 119 Å². The number of aromatic amines is 1. The molecule has 8 nitrogen and oxygen atoms in total. The van der Waals surface area contributed by atoms with Gasteiger partial charge in [-0.15, -0.1) is 0 Å². The molecule has 1 aliphatic heterocycles. The Morgan fingerprint density at radius 2 is 1.46 bits per heavy atom. The zero-order chi connectivity index (χ0) is 29.1. The van der Waals surface area contributed by atoms with Crippen LogP contribution in [0.2, 0.25) is 0 Å². The maximum atomic E-state index is 14.5. The molecule has 2 heterocycles. The molecule has 8 heteroatoms. The third kappa shape index (κ3) is 6.24. The third-order valence-corrected chi connectivity index (χ3v) is 8.25. The Labute approximate surface area is 241 Å². The van der Waals surface area contributed by atoms with E-state index in [1.807, 2.05) is 68.4 Å². The number of hydrogen-bond donors (Lipinski definition) is 4. The molecule has 216 valence electrons. The lowest BCUT2D eigenvalue weighted by Crippen LogP contribution is -2.51. The van der Waals surface area contributed by atoms with Gasteiger partial charge < -0.3 is 25.7 Å². The second-order valence-corrected chi connectivity index (χ2v) is 11.4. The van der Waals surface area contributed by atoms with E-state index in [0.717, 1.165) is 51.6 Å². The minimum absolute atomic E-state index is 0.176. The number of benzene rings is 3. The number of nitrogen functional groups attached to an aromatic ring is 1. The largest absolute Gasteiger partial charge is 0.388 e. The number of aliphatic hydroxyl groups is 2. The maximum Gasteiger partial charge on any atom is 0.321 e. The van der Waals surface area contributed by atoms with Crippen molar-refractivity contribution < 1.29 is 15.0 Å². The van der Waals surface area contributed by atoms with Crippen LogP contribution in [-0.2, 0) is 19.4 Å². The molecule has 3 aromatic carbocycles. The standard InChI is InChI=1S/C33H41N5O3/c1-4-5-14-37-28(18-23-10-6-8-21(2)15-23)30(39)31(40)29(19-24-11-7-9-22(3)16-24)38(33(37)41)20-25-12-13-27-26(17-25)32(34)36-35-27/h6-13,15-17,28-31,39-40H,4-5,14,18-20H2,1-3H3,(H3,34,35,36)/t28-,29-,30+,31+/m1/s1. The van der Waals surface area contributed by atoms with Crippen molar-refractivity contribution in [3.63, 3.8) is 0 Å². The molecule has 5 N–H and O–H groups in total. The van der Waals surface area contributed by atoms with E-state index in [0.29, 0.717) is 25.2 Å². The molecule has 4 atom stereocenters. The number of urea groups is 1. The highest BCUT2D eigenvalue weighted by Gasteiger charge is 2.46. The van der Waals surface area contributed by atoms with E-state index >= 15 is 0 Å². The van der Waals surface area contributed by atoms with Crippen LogP contribution >= 0.6 is 0 Å².